The molecule has 2 N–H and O–H groups in total. The van der Waals surface area contributed by atoms with E-state index in [0.717, 1.165) is 31.2 Å². The van der Waals surface area contributed by atoms with Gasteiger partial charge in [0.1, 0.15) is 0 Å². The van der Waals surface area contributed by atoms with E-state index < -0.39 is 17.4 Å². The minimum Gasteiger partial charge on any atom is -0.465 e. The van der Waals surface area contributed by atoms with Crippen molar-refractivity contribution in [1.29, 1.82) is 0 Å². The van der Waals surface area contributed by atoms with Gasteiger partial charge in [0.25, 0.3) is 0 Å². The molecule has 0 aromatic heterocycles. The molecule has 3 amide bonds. The largest absolute Gasteiger partial charge is 0.465 e. The van der Waals surface area contributed by atoms with E-state index in [1.807, 2.05) is 28.9 Å². The van der Waals surface area contributed by atoms with Crippen LogP contribution in [0.25, 0.3) is 0 Å². The molecule has 1 aliphatic carbocycles. The SMILES string of the molecule is CC1CCC(N(C(=O)C(C)(C)CO)[C@H]2CCN(C(=O)[C@@H]3CN(C(=O)O)C(C)[C@H]3c3ccc(Cl)cc3)C2)CC1. The average Bonchev–Trinajstić information content (AvgIpc) is 3.50. The molecule has 0 spiro atoms. The van der Waals surface area contributed by atoms with Gasteiger partial charge in [0.15, 0.2) is 0 Å². The van der Waals surface area contributed by atoms with Crippen LogP contribution in [0.2, 0.25) is 5.02 Å². The number of rotatable bonds is 6. The molecule has 38 heavy (non-hydrogen) atoms. The Balaban J connectivity index is 1.56. The van der Waals surface area contributed by atoms with Gasteiger partial charge in [-0.15, -0.1) is 0 Å². The number of carbonyl (C=O) groups is 3. The van der Waals surface area contributed by atoms with E-state index in [1.165, 1.54) is 4.90 Å². The first kappa shape index (κ1) is 28.7. The third-order valence-corrected chi connectivity index (χ3v) is 9.36. The lowest BCUT2D eigenvalue weighted by Gasteiger charge is -2.43. The summed E-state index contributed by atoms with van der Waals surface area (Å²) in [4.78, 5) is 44.8. The van der Waals surface area contributed by atoms with Crippen LogP contribution < -0.4 is 0 Å². The molecule has 3 fully saturated rings. The lowest BCUT2D eigenvalue weighted by atomic mass is 9.83. The van der Waals surface area contributed by atoms with Gasteiger partial charge >= 0.3 is 6.09 Å². The molecule has 2 aliphatic heterocycles. The van der Waals surface area contributed by atoms with Crippen LogP contribution in [0.3, 0.4) is 0 Å². The molecular weight excluding hydrogens is 506 g/mol. The maximum atomic E-state index is 14.0. The maximum Gasteiger partial charge on any atom is 0.407 e. The molecule has 4 rings (SSSR count). The Hall–Kier alpha value is -2.32. The summed E-state index contributed by atoms with van der Waals surface area (Å²) in [6.45, 7) is 8.54. The van der Waals surface area contributed by atoms with Gasteiger partial charge in [0.2, 0.25) is 11.8 Å². The summed E-state index contributed by atoms with van der Waals surface area (Å²) in [5.41, 5.74) is 0.0147. The summed E-state index contributed by atoms with van der Waals surface area (Å²) in [5, 5.41) is 20.4. The first-order valence-electron chi connectivity index (χ1n) is 13.9. The van der Waals surface area contributed by atoms with E-state index >= 15 is 0 Å². The molecule has 4 atom stereocenters. The minimum atomic E-state index is -1.03. The molecular formula is C29H42ClN3O5. The van der Waals surface area contributed by atoms with Crippen molar-refractivity contribution in [2.24, 2.45) is 17.3 Å². The fraction of sp³-hybridized carbons (Fsp3) is 0.690. The number of nitrogens with zero attached hydrogens (tertiary/aromatic N) is 3. The van der Waals surface area contributed by atoms with Crippen molar-refractivity contribution in [1.82, 2.24) is 14.7 Å². The number of benzene rings is 1. The van der Waals surface area contributed by atoms with Crippen LogP contribution in [-0.4, -0.2) is 87.2 Å². The van der Waals surface area contributed by atoms with E-state index in [-0.39, 0.29) is 49.0 Å². The maximum absolute atomic E-state index is 14.0. The van der Waals surface area contributed by atoms with Crippen LogP contribution in [0.1, 0.15) is 71.3 Å². The van der Waals surface area contributed by atoms with Crippen LogP contribution >= 0.6 is 11.6 Å². The topological polar surface area (TPSA) is 101 Å². The lowest BCUT2D eigenvalue weighted by Crippen LogP contribution is -2.54. The number of carboxylic acid groups (broad SMARTS) is 1. The van der Waals surface area contributed by atoms with Gasteiger partial charge in [0.05, 0.1) is 24.0 Å². The van der Waals surface area contributed by atoms with E-state index in [2.05, 4.69) is 6.92 Å². The first-order chi connectivity index (χ1) is 17.9. The minimum absolute atomic E-state index is 0.0515. The lowest BCUT2D eigenvalue weighted by molar-refractivity contribution is -0.149. The Morgan fingerprint density at radius 3 is 2.21 bits per heavy atom. The van der Waals surface area contributed by atoms with E-state index in [1.54, 1.807) is 26.0 Å². The van der Waals surface area contributed by atoms with Gasteiger partial charge in [-0.25, -0.2) is 4.79 Å². The molecule has 2 heterocycles. The molecule has 1 aromatic rings. The van der Waals surface area contributed by atoms with Gasteiger partial charge in [-0.1, -0.05) is 30.7 Å². The Labute approximate surface area is 230 Å². The standard InChI is InChI=1S/C29H42ClN3O5/c1-18-5-11-22(12-6-18)33(27(36)29(3,4)17-34)23-13-14-31(15-23)26(35)24-16-32(28(37)38)19(2)25(24)20-7-9-21(30)10-8-20/h7-10,18-19,22-25,34H,5-6,11-17H2,1-4H3,(H,37,38)/t18?,19?,22?,23-,24+,25-/m0/s1. The normalized spacial score (nSPS) is 29.9. The molecule has 2 saturated heterocycles. The highest BCUT2D eigenvalue weighted by atomic mass is 35.5. The number of likely N-dealkylation sites (tertiary alicyclic amines) is 2. The third kappa shape index (κ3) is 5.67. The zero-order valence-electron chi connectivity index (χ0n) is 23.0. The van der Waals surface area contributed by atoms with Crippen molar-refractivity contribution in [2.45, 2.75) is 83.8 Å². The molecule has 1 saturated carbocycles. The number of hydrogen-bond acceptors (Lipinski definition) is 4. The molecule has 210 valence electrons. The van der Waals surface area contributed by atoms with Crippen molar-refractivity contribution in [3.8, 4) is 0 Å². The van der Waals surface area contributed by atoms with Gasteiger partial charge in [-0.05, 0) is 76.5 Å². The van der Waals surface area contributed by atoms with Crippen LogP contribution in [0.15, 0.2) is 24.3 Å². The Kier molecular flexibility index (Phi) is 8.62. The molecule has 3 aliphatic rings. The number of hydrogen-bond donors (Lipinski definition) is 2. The Morgan fingerprint density at radius 2 is 1.63 bits per heavy atom. The highest BCUT2D eigenvalue weighted by molar-refractivity contribution is 6.30. The van der Waals surface area contributed by atoms with Crippen LogP contribution in [0, 0.1) is 17.3 Å². The van der Waals surface area contributed by atoms with Gasteiger partial charge in [-0.3, -0.25) is 9.59 Å². The smallest absolute Gasteiger partial charge is 0.407 e. The summed E-state index contributed by atoms with van der Waals surface area (Å²) in [5.74, 6) is -0.254. The Morgan fingerprint density at radius 1 is 1.00 bits per heavy atom. The number of amides is 3. The summed E-state index contributed by atoms with van der Waals surface area (Å²) >= 11 is 6.09. The second-order valence-electron chi connectivity index (χ2n) is 12.3. The zero-order valence-corrected chi connectivity index (χ0v) is 23.7. The van der Waals surface area contributed by atoms with E-state index in [4.69, 9.17) is 11.6 Å². The number of halogens is 1. The number of aliphatic hydroxyl groups is 1. The summed E-state index contributed by atoms with van der Waals surface area (Å²) in [6.07, 6.45) is 3.66. The summed E-state index contributed by atoms with van der Waals surface area (Å²) in [7, 11) is 0. The van der Waals surface area contributed by atoms with Crippen LogP contribution in [0.4, 0.5) is 4.79 Å². The van der Waals surface area contributed by atoms with Crippen molar-refractivity contribution >= 4 is 29.5 Å². The second kappa shape index (κ2) is 11.4. The van der Waals surface area contributed by atoms with Gasteiger partial charge in [-0.2, -0.15) is 0 Å². The molecule has 1 unspecified atom stereocenters. The number of aliphatic hydroxyl groups excluding tert-OH is 1. The van der Waals surface area contributed by atoms with Crippen molar-refractivity contribution in [3.05, 3.63) is 34.9 Å². The summed E-state index contributed by atoms with van der Waals surface area (Å²) in [6, 6.07) is 6.95. The van der Waals surface area contributed by atoms with Gasteiger partial charge in [0, 0.05) is 42.7 Å². The van der Waals surface area contributed by atoms with Crippen molar-refractivity contribution in [2.75, 3.05) is 26.2 Å². The fourth-order valence-corrected chi connectivity index (χ4v) is 6.80. The second-order valence-corrected chi connectivity index (χ2v) is 12.7. The average molecular weight is 548 g/mol. The highest BCUT2D eigenvalue weighted by Gasteiger charge is 2.49. The highest BCUT2D eigenvalue weighted by Crippen LogP contribution is 2.41. The zero-order chi connectivity index (χ0) is 27.8. The van der Waals surface area contributed by atoms with Crippen molar-refractivity contribution < 1.29 is 24.6 Å². The first-order valence-corrected chi connectivity index (χ1v) is 14.3. The van der Waals surface area contributed by atoms with Gasteiger partial charge < -0.3 is 24.9 Å². The van der Waals surface area contributed by atoms with Crippen LogP contribution in [-0.2, 0) is 9.59 Å². The molecule has 0 radical (unpaired) electrons. The molecule has 8 nitrogen and oxygen atoms in total. The summed E-state index contributed by atoms with van der Waals surface area (Å²) < 4.78 is 0. The molecule has 0 bridgehead atoms. The fourth-order valence-electron chi connectivity index (χ4n) is 6.67. The predicted molar refractivity (Wildman–Crippen MR) is 146 cm³/mol. The predicted octanol–water partition coefficient (Wildman–Crippen LogP) is 4.45. The molecule has 1 aromatic carbocycles. The third-order valence-electron chi connectivity index (χ3n) is 9.11. The van der Waals surface area contributed by atoms with Crippen LogP contribution in [0.5, 0.6) is 0 Å². The van der Waals surface area contributed by atoms with E-state index in [0.29, 0.717) is 30.5 Å². The monoisotopic (exact) mass is 547 g/mol. The quantitative estimate of drug-likeness (QED) is 0.548. The number of carbonyl (C=O) groups excluding carboxylic acids is 2. The molecule has 9 heteroatoms. The van der Waals surface area contributed by atoms with Crippen molar-refractivity contribution in [3.63, 3.8) is 0 Å². The Bertz CT molecular complexity index is 1020. The van der Waals surface area contributed by atoms with E-state index in [9.17, 15) is 24.6 Å².